The third-order valence-corrected chi connectivity index (χ3v) is 2.89. The highest BCUT2D eigenvalue weighted by molar-refractivity contribution is 5.64. The lowest BCUT2D eigenvalue weighted by molar-refractivity contribution is 0.119. The molecular weight excluding hydrogens is 168 g/mol. The Kier molecular flexibility index (Phi) is 3.54. The molecule has 1 atom stereocenters. The molecule has 1 amide bonds. The largest absolute Gasteiger partial charge is 0.465 e. The first-order valence-electron chi connectivity index (χ1n) is 4.88. The predicted octanol–water partition coefficient (Wildman–Crippen LogP) is 1.11. The number of rotatable bonds is 2. The molecule has 1 aliphatic rings. The van der Waals surface area contributed by atoms with Crippen LogP contribution in [0.25, 0.3) is 0 Å². The SMILES string of the molecule is CCC(N)C1CCN(C(=O)O)CC1. The number of nitrogens with zero attached hydrogens (tertiary/aromatic N) is 1. The maximum atomic E-state index is 10.6. The van der Waals surface area contributed by atoms with Crippen LogP contribution in [-0.4, -0.2) is 35.2 Å². The minimum absolute atomic E-state index is 0.246. The van der Waals surface area contributed by atoms with Crippen LogP contribution in [0.2, 0.25) is 0 Å². The summed E-state index contributed by atoms with van der Waals surface area (Å²) in [6.07, 6.45) is 2.02. The fraction of sp³-hybridized carbons (Fsp3) is 0.889. The first-order valence-corrected chi connectivity index (χ1v) is 4.88. The number of hydrogen-bond acceptors (Lipinski definition) is 2. The van der Waals surface area contributed by atoms with Crippen molar-refractivity contribution in [3.05, 3.63) is 0 Å². The number of carbonyl (C=O) groups is 1. The molecule has 0 spiro atoms. The third kappa shape index (κ3) is 2.59. The molecule has 1 fully saturated rings. The van der Waals surface area contributed by atoms with Crippen LogP contribution in [0.4, 0.5) is 4.79 Å². The van der Waals surface area contributed by atoms with Crippen LogP contribution in [0.15, 0.2) is 0 Å². The Labute approximate surface area is 78.7 Å². The van der Waals surface area contributed by atoms with Crippen molar-refractivity contribution in [1.82, 2.24) is 4.90 Å². The Morgan fingerprint density at radius 1 is 1.62 bits per heavy atom. The summed E-state index contributed by atoms with van der Waals surface area (Å²) < 4.78 is 0. The number of piperidine rings is 1. The third-order valence-electron chi connectivity index (χ3n) is 2.89. The van der Waals surface area contributed by atoms with Gasteiger partial charge in [-0.3, -0.25) is 0 Å². The van der Waals surface area contributed by atoms with E-state index in [9.17, 15) is 4.79 Å². The molecule has 1 heterocycles. The lowest BCUT2D eigenvalue weighted by Crippen LogP contribution is -2.42. The molecule has 76 valence electrons. The minimum atomic E-state index is -0.802. The molecule has 1 unspecified atom stereocenters. The van der Waals surface area contributed by atoms with Gasteiger partial charge in [0.1, 0.15) is 0 Å². The van der Waals surface area contributed by atoms with Gasteiger partial charge in [0.2, 0.25) is 0 Å². The van der Waals surface area contributed by atoms with Gasteiger partial charge in [0, 0.05) is 19.1 Å². The van der Waals surface area contributed by atoms with Gasteiger partial charge in [-0.1, -0.05) is 6.92 Å². The molecule has 0 aliphatic carbocycles. The molecule has 3 N–H and O–H groups in total. The fourth-order valence-corrected chi connectivity index (χ4v) is 1.85. The average molecular weight is 186 g/mol. The summed E-state index contributed by atoms with van der Waals surface area (Å²) >= 11 is 0. The van der Waals surface area contributed by atoms with Crippen molar-refractivity contribution in [2.75, 3.05) is 13.1 Å². The lowest BCUT2D eigenvalue weighted by atomic mass is 9.89. The van der Waals surface area contributed by atoms with Crippen molar-refractivity contribution in [2.24, 2.45) is 11.7 Å². The van der Waals surface area contributed by atoms with Gasteiger partial charge >= 0.3 is 6.09 Å². The maximum absolute atomic E-state index is 10.6. The highest BCUT2D eigenvalue weighted by Crippen LogP contribution is 2.20. The standard InChI is InChI=1S/C9H18N2O2/c1-2-8(10)7-3-5-11(6-4-7)9(12)13/h7-8H,2-6,10H2,1H3,(H,12,13). The maximum Gasteiger partial charge on any atom is 0.407 e. The quantitative estimate of drug-likeness (QED) is 0.679. The van der Waals surface area contributed by atoms with E-state index >= 15 is 0 Å². The van der Waals surface area contributed by atoms with Crippen LogP contribution in [-0.2, 0) is 0 Å². The first kappa shape index (κ1) is 10.3. The smallest absolute Gasteiger partial charge is 0.407 e. The molecule has 0 radical (unpaired) electrons. The lowest BCUT2D eigenvalue weighted by Gasteiger charge is -2.32. The Morgan fingerprint density at radius 3 is 2.54 bits per heavy atom. The van der Waals surface area contributed by atoms with Gasteiger partial charge in [-0.15, -0.1) is 0 Å². The van der Waals surface area contributed by atoms with Crippen molar-refractivity contribution in [2.45, 2.75) is 32.2 Å². The van der Waals surface area contributed by atoms with Crippen molar-refractivity contribution in [3.8, 4) is 0 Å². The highest BCUT2D eigenvalue weighted by atomic mass is 16.4. The molecule has 1 saturated heterocycles. The predicted molar refractivity (Wildman–Crippen MR) is 50.6 cm³/mol. The van der Waals surface area contributed by atoms with Crippen molar-refractivity contribution >= 4 is 6.09 Å². The molecule has 0 aromatic heterocycles. The number of amides is 1. The summed E-state index contributed by atoms with van der Waals surface area (Å²) in [5.41, 5.74) is 5.90. The summed E-state index contributed by atoms with van der Waals surface area (Å²) in [6, 6.07) is 0.246. The van der Waals surface area contributed by atoms with E-state index in [1.807, 2.05) is 0 Å². The van der Waals surface area contributed by atoms with Crippen LogP contribution >= 0.6 is 0 Å². The van der Waals surface area contributed by atoms with E-state index in [2.05, 4.69) is 6.92 Å². The van der Waals surface area contributed by atoms with Crippen LogP contribution in [0.1, 0.15) is 26.2 Å². The van der Waals surface area contributed by atoms with E-state index in [0.717, 1.165) is 19.3 Å². The topological polar surface area (TPSA) is 66.6 Å². The molecule has 0 aromatic carbocycles. The summed E-state index contributed by atoms with van der Waals surface area (Å²) in [7, 11) is 0. The zero-order valence-electron chi connectivity index (χ0n) is 8.07. The Balaban J connectivity index is 2.34. The summed E-state index contributed by atoms with van der Waals surface area (Å²) in [6.45, 7) is 3.37. The van der Waals surface area contributed by atoms with Gasteiger partial charge in [-0.2, -0.15) is 0 Å². The number of hydrogen-bond donors (Lipinski definition) is 2. The van der Waals surface area contributed by atoms with Gasteiger partial charge in [-0.25, -0.2) is 4.79 Å². The zero-order chi connectivity index (χ0) is 9.84. The van der Waals surface area contributed by atoms with Crippen molar-refractivity contribution in [3.63, 3.8) is 0 Å². The molecule has 1 aliphatic heterocycles. The number of carboxylic acid groups (broad SMARTS) is 1. The molecule has 0 saturated carbocycles. The molecule has 0 bridgehead atoms. The van der Waals surface area contributed by atoms with Crippen LogP contribution in [0.5, 0.6) is 0 Å². The normalized spacial score (nSPS) is 21.5. The van der Waals surface area contributed by atoms with Crippen LogP contribution < -0.4 is 5.73 Å². The van der Waals surface area contributed by atoms with E-state index in [1.165, 1.54) is 4.90 Å². The second-order valence-corrected chi connectivity index (χ2v) is 3.68. The molecule has 1 rings (SSSR count). The first-order chi connectivity index (χ1) is 6.15. The fourth-order valence-electron chi connectivity index (χ4n) is 1.85. The van der Waals surface area contributed by atoms with E-state index in [4.69, 9.17) is 10.8 Å². The molecule has 4 heteroatoms. The minimum Gasteiger partial charge on any atom is -0.465 e. The van der Waals surface area contributed by atoms with Gasteiger partial charge in [-0.05, 0) is 25.2 Å². The summed E-state index contributed by atoms with van der Waals surface area (Å²) in [4.78, 5) is 12.1. The second kappa shape index (κ2) is 4.46. The molecular formula is C9H18N2O2. The zero-order valence-corrected chi connectivity index (χ0v) is 8.07. The Hall–Kier alpha value is -0.770. The van der Waals surface area contributed by atoms with Crippen molar-refractivity contribution < 1.29 is 9.90 Å². The van der Waals surface area contributed by atoms with Crippen LogP contribution in [0, 0.1) is 5.92 Å². The second-order valence-electron chi connectivity index (χ2n) is 3.68. The Bertz CT molecular complexity index is 176. The number of nitrogens with two attached hydrogens (primary N) is 1. The van der Waals surface area contributed by atoms with E-state index in [0.29, 0.717) is 19.0 Å². The number of likely N-dealkylation sites (tertiary alicyclic amines) is 1. The van der Waals surface area contributed by atoms with E-state index in [-0.39, 0.29) is 6.04 Å². The average Bonchev–Trinajstić information content (AvgIpc) is 2.17. The van der Waals surface area contributed by atoms with Gasteiger partial charge in [0.25, 0.3) is 0 Å². The van der Waals surface area contributed by atoms with Gasteiger partial charge in [0.05, 0.1) is 0 Å². The molecule has 13 heavy (non-hydrogen) atoms. The summed E-state index contributed by atoms with van der Waals surface area (Å²) in [5, 5.41) is 8.71. The molecule has 4 nitrogen and oxygen atoms in total. The van der Waals surface area contributed by atoms with Gasteiger partial charge in [0.15, 0.2) is 0 Å². The molecule has 0 aromatic rings. The highest BCUT2D eigenvalue weighted by Gasteiger charge is 2.25. The van der Waals surface area contributed by atoms with Gasteiger partial charge < -0.3 is 15.7 Å². The monoisotopic (exact) mass is 186 g/mol. The van der Waals surface area contributed by atoms with E-state index in [1.54, 1.807) is 0 Å². The van der Waals surface area contributed by atoms with Crippen molar-refractivity contribution in [1.29, 1.82) is 0 Å². The Morgan fingerprint density at radius 2 is 2.15 bits per heavy atom. The van der Waals surface area contributed by atoms with Crippen LogP contribution in [0.3, 0.4) is 0 Å². The van der Waals surface area contributed by atoms with E-state index < -0.39 is 6.09 Å². The summed E-state index contributed by atoms with van der Waals surface area (Å²) in [5.74, 6) is 0.514.